The molecule has 0 N–H and O–H groups in total. The van der Waals surface area contributed by atoms with Crippen molar-refractivity contribution in [1.82, 2.24) is 24.5 Å². The van der Waals surface area contributed by atoms with Crippen molar-refractivity contribution in [2.24, 2.45) is 0 Å². The van der Waals surface area contributed by atoms with Crippen LogP contribution in [0.25, 0.3) is 5.78 Å². The smallest absolute Gasteiger partial charge is 0.280 e. The van der Waals surface area contributed by atoms with Crippen LogP contribution >= 0.6 is 0 Å². The molecule has 0 aliphatic carbocycles. The number of carbonyl (C=O) groups is 1. The van der Waals surface area contributed by atoms with Gasteiger partial charge in [-0.2, -0.15) is 14.6 Å². The summed E-state index contributed by atoms with van der Waals surface area (Å²) in [6.07, 6.45) is 0.0152. The Balaban J connectivity index is 1.40. The van der Waals surface area contributed by atoms with Gasteiger partial charge in [-0.3, -0.25) is 4.79 Å². The first-order valence-corrected chi connectivity index (χ1v) is 9.78. The van der Waals surface area contributed by atoms with Crippen molar-refractivity contribution < 1.29 is 23.0 Å². The number of rotatable bonds is 3. The Hall–Kier alpha value is -3.30. The number of likely N-dealkylation sites (tertiary alicyclic amines) is 1. The lowest BCUT2D eigenvalue weighted by Crippen LogP contribution is -2.39. The molecule has 30 heavy (non-hydrogen) atoms. The summed E-state index contributed by atoms with van der Waals surface area (Å²) in [5, 5.41) is 3.82. The minimum absolute atomic E-state index is 0.130. The molecule has 1 aromatic carbocycles. The van der Waals surface area contributed by atoms with E-state index < -0.39 is 6.43 Å². The standard InChI is InChI=1S/C20H19F2N5O3/c21-18(22)15-9-14(25-20-23-11-24-27(15)20)13-2-1-5-26(10-13)19(28)12-3-4-16-17(8-12)30-7-6-29-16/h3-4,8-9,11,13,18H,1-2,5-7,10H2/t13-/m0/s1. The molecule has 0 saturated carbocycles. The summed E-state index contributed by atoms with van der Waals surface area (Å²) in [6.45, 7) is 1.92. The number of nitrogens with zero attached hydrogens (tertiary/aromatic N) is 5. The third kappa shape index (κ3) is 3.31. The van der Waals surface area contributed by atoms with Gasteiger partial charge in [0.15, 0.2) is 11.5 Å². The van der Waals surface area contributed by atoms with Gasteiger partial charge in [-0.1, -0.05) is 0 Å². The van der Waals surface area contributed by atoms with Gasteiger partial charge in [-0.25, -0.2) is 13.8 Å². The number of benzene rings is 1. The van der Waals surface area contributed by atoms with Gasteiger partial charge in [-0.05, 0) is 37.1 Å². The van der Waals surface area contributed by atoms with E-state index in [-0.39, 0.29) is 23.3 Å². The lowest BCUT2D eigenvalue weighted by molar-refractivity contribution is 0.0704. The summed E-state index contributed by atoms with van der Waals surface area (Å²) in [4.78, 5) is 23.2. The van der Waals surface area contributed by atoms with Crippen LogP contribution in [0.3, 0.4) is 0 Å². The molecule has 10 heteroatoms. The number of halogens is 2. The summed E-state index contributed by atoms with van der Waals surface area (Å²) in [7, 11) is 0. The van der Waals surface area contributed by atoms with Crippen LogP contribution in [0.5, 0.6) is 11.5 Å². The van der Waals surface area contributed by atoms with Crippen LogP contribution in [0.2, 0.25) is 0 Å². The molecule has 8 nitrogen and oxygen atoms in total. The van der Waals surface area contributed by atoms with Crippen molar-refractivity contribution in [3.05, 3.63) is 47.5 Å². The lowest BCUT2D eigenvalue weighted by Gasteiger charge is -2.33. The number of fused-ring (bicyclic) bond motifs is 2. The zero-order chi connectivity index (χ0) is 20.7. The fourth-order valence-electron chi connectivity index (χ4n) is 3.98. The molecule has 156 valence electrons. The van der Waals surface area contributed by atoms with Crippen LogP contribution in [0.1, 0.15) is 46.9 Å². The molecule has 1 amide bonds. The van der Waals surface area contributed by atoms with Gasteiger partial charge >= 0.3 is 0 Å². The van der Waals surface area contributed by atoms with Crippen LogP contribution in [-0.2, 0) is 0 Å². The van der Waals surface area contributed by atoms with E-state index in [1.165, 1.54) is 12.4 Å². The SMILES string of the molecule is O=C(c1ccc2c(c1)OCCO2)N1CCC[C@H](c2cc(C(F)F)n3ncnc3n2)C1. The molecule has 0 bridgehead atoms. The molecule has 0 radical (unpaired) electrons. The average molecular weight is 415 g/mol. The van der Waals surface area contributed by atoms with E-state index in [1.807, 2.05) is 0 Å². The Kier molecular flexibility index (Phi) is 4.68. The molecule has 3 aromatic rings. The number of aromatic nitrogens is 4. The number of carbonyl (C=O) groups excluding carboxylic acids is 1. The second kappa shape index (κ2) is 7.51. The fraction of sp³-hybridized carbons (Fsp3) is 0.400. The Morgan fingerprint density at radius 3 is 2.83 bits per heavy atom. The molecule has 5 rings (SSSR count). The molecule has 0 spiro atoms. The largest absolute Gasteiger partial charge is 0.486 e. The highest BCUT2D eigenvalue weighted by Gasteiger charge is 2.29. The van der Waals surface area contributed by atoms with Crippen LogP contribution in [0.4, 0.5) is 8.78 Å². The minimum atomic E-state index is -2.70. The van der Waals surface area contributed by atoms with Gasteiger partial charge in [0.1, 0.15) is 25.2 Å². The maximum absolute atomic E-state index is 13.5. The molecular formula is C20H19F2N5O3. The normalized spacial score (nSPS) is 18.8. The summed E-state index contributed by atoms with van der Waals surface area (Å²) in [6, 6.07) is 6.51. The highest BCUT2D eigenvalue weighted by molar-refractivity contribution is 5.95. The van der Waals surface area contributed by atoms with Crippen LogP contribution in [0, 0.1) is 0 Å². The maximum atomic E-state index is 13.5. The third-order valence-corrected chi connectivity index (χ3v) is 5.44. The molecule has 1 atom stereocenters. The minimum Gasteiger partial charge on any atom is -0.486 e. The Labute approximate surface area is 170 Å². The number of piperidine rings is 1. The van der Waals surface area contributed by atoms with Crippen molar-refractivity contribution >= 4 is 11.7 Å². The summed E-state index contributed by atoms with van der Waals surface area (Å²) < 4.78 is 39.1. The highest BCUT2D eigenvalue weighted by Crippen LogP contribution is 2.33. The van der Waals surface area contributed by atoms with E-state index in [2.05, 4.69) is 15.1 Å². The topological polar surface area (TPSA) is 81.9 Å². The van der Waals surface area contributed by atoms with E-state index in [0.29, 0.717) is 49.1 Å². The van der Waals surface area contributed by atoms with Gasteiger partial charge in [0.05, 0.1) is 5.69 Å². The number of hydrogen-bond donors (Lipinski definition) is 0. The predicted molar refractivity (Wildman–Crippen MR) is 101 cm³/mol. The van der Waals surface area contributed by atoms with Gasteiger partial charge in [0, 0.05) is 24.6 Å². The van der Waals surface area contributed by atoms with E-state index >= 15 is 0 Å². The summed E-state index contributed by atoms with van der Waals surface area (Å²) >= 11 is 0. The van der Waals surface area contributed by atoms with Gasteiger partial charge in [0.25, 0.3) is 18.1 Å². The van der Waals surface area contributed by atoms with Gasteiger partial charge in [0.2, 0.25) is 0 Å². The Morgan fingerprint density at radius 1 is 1.17 bits per heavy atom. The van der Waals surface area contributed by atoms with E-state index in [0.717, 1.165) is 17.4 Å². The molecule has 2 aliphatic rings. The van der Waals surface area contributed by atoms with Crippen molar-refractivity contribution in [1.29, 1.82) is 0 Å². The number of alkyl halides is 2. The number of hydrogen-bond acceptors (Lipinski definition) is 6. The van der Waals surface area contributed by atoms with Gasteiger partial charge < -0.3 is 14.4 Å². The summed E-state index contributed by atoms with van der Waals surface area (Å²) in [5.41, 5.74) is 0.766. The van der Waals surface area contributed by atoms with E-state index in [4.69, 9.17) is 9.47 Å². The first-order chi connectivity index (χ1) is 14.6. The second-order valence-electron chi connectivity index (χ2n) is 7.33. The zero-order valence-electron chi connectivity index (χ0n) is 16.0. The molecule has 1 fully saturated rings. The highest BCUT2D eigenvalue weighted by atomic mass is 19.3. The van der Waals surface area contributed by atoms with Crippen LogP contribution < -0.4 is 9.47 Å². The quantitative estimate of drug-likeness (QED) is 0.654. The maximum Gasteiger partial charge on any atom is 0.280 e. The number of ether oxygens (including phenoxy) is 2. The van der Waals surface area contributed by atoms with E-state index in [9.17, 15) is 13.6 Å². The lowest BCUT2D eigenvalue weighted by atomic mass is 9.93. The second-order valence-corrected chi connectivity index (χ2v) is 7.33. The first kappa shape index (κ1) is 18.7. The van der Waals surface area contributed by atoms with Crippen molar-refractivity contribution in [3.63, 3.8) is 0 Å². The molecule has 2 aromatic heterocycles. The van der Waals surface area contributed by atoms with E-state index in [1.54, 1.807) is 23.1 Å². The van der Waals surface area contributed by atoms with Crippen LogP contribution in [0.15, 0.2) is 30.6 Å². The first-order valence-electron chi connectivity index (χ1n) is 9.78. The zero-order valence-corrected chi connectivity index (χ0v) is 16.0. The Bertz CT molecular complexity index is 1100. The Morgan fingerprint density at radius 2 is 2.00 bits per heavy atom. The molecule has 1 saturated heterocycles. The fourth-order valence-corrected chi connectivity index (χ4v) is 3.98. The molecule has 2 aliphatic heterocycles. The van der Waals surface area contributed by atoms with Crippen LogP contribution in [-0.4, -0.2) is 56.7 Å². The molecule has 0 unspecified atom stereocenters. The number of amides is 1. The predicted octanol–water partition coefficient (Wildman–Crippen LogP) is 2.85. The average Bonchev–Trinajstić information content (AvgIpc) is 3.26. The van der Waals surface area contributed by atoms with Crippen molar-refractivity contribution in [2.75, 3.05) is 26.3 Å². The molecule has 4 heterocycles. The third-order valence-electron chi connectivity index (χ3n) is 5.44. The van der Waals surface area contributed by atoms with Crippen molar-refractivity contribution in [3.8, 4) is 11.5 Å². The summed E-state index contributed by atoms with van der Waals surface area (Å²) in [5.74, 6) is 1.03. The van der Waals surface area contributed by atoms with Gasteiger partial charge in [-0.15, -0.1) is 0 Å². The molecular weight excluding hydrogens is 396 g/mol. The monoisotopic (exact) mass is 415 g/mol. The van der Waals surface area contributed by atoms with Crippen molar-refractivity contribution in [2.45, 2.75) is 25.2 Å².